The van der Waals surface area contributed by atoms with E-state index in [2.05, 4.69) is 0 Å². The van der Waals surface area contributed by atoms with Crippen molar-refractivity contribution >= 4 is 58.7 Å². The van der Waals surface area contributed by atoms with Crippen molar-refractivity contribution in [3.63, 3.8) is 0 Å². The standard InChI is InChI=1S/C46H28N2O7/c49-41(31-7-3-1-4-8-31)25-15-29-11-17-33(18-12-29)47-43(51)37-23-21-35(27-39(37)45(47)53)55-36-22-24-38-40(28-36)46(54)48(44(38)52)34-19-13-30(14-20-34)16-26-42(50)32-9-5-2-6-10-32/h1-28H/b25-15+,26-16+. The number of rotatable bonds is 10. The first-order valence-corrected chi connectivity index (χ1v) is 17.2. The maximum Gasteiger partial charge on any atom is 0.266 e. The van der Waals surface area contributed by atoms with Crippen LogP contribution in [0.5, 0.6) is 11.5 Å². The minimum absolute atomic E-state index is 0.143. The van der Waals surface area contributed by atoms with Crippen LogP contribution in [-0.2, 0) is 0 Å². The molecule has 9 heteroatoms. The number of ether oxygens (including phenoxy) is 1. The Labute approximate surface area is 315 Å². The van der Waals surface area contributed by atoms with Gasteiger partial charge >= 0.3 is 0 Å². The van der Waals surface area contributed by atoms with Gasteiger partial charge in [0, 0.05) is 11.1 Å². The Kier molecular flexibility index (Phi) is 8.94. The third kappa shape index (κ3) is 6.69. The summed E-state index contributed by atoms with van der Waals surface area (Å²) in [5, 5.41) is 0. The Morgan fingerprint density at radius 2 is 0.782 bits per heavy atom. The predicted molar refractivity (Wildman–Crippen MR) is 208 cm³/mol. The number of anilines is 2. The predicted octanol–water partition coefficient (Wildman–Crippen LogP) is 8.87. The summed E-state index contributed by atoms with van der Waals surface area (Å²) in [5.41, 5.74) is 4.05. The number of carbonyl (C=O) groups excluding carboxylic acids is 6. The number of hydrogen-bond donors (Lipinski definition) is 0. The van der Waals surface area contributed by atoms with Gasteiger partial charge in [-0.3, -0.25) is 28.8 Å². The Morgan fingerprint density at radius 3 is 1.16 bits per heavy atom. The number of fused-ring (bicyclic) bond motifs is 2. The second-order valence-corrected chi connectivity index (χ2v) is 12.7. The number of benzene rings is 6. The average Bonchev–Trinajstić information content (AvgIpc) is 3.62. The van der Waals surface area contributed by atoms with Gasteiger partial charge in [0.25, 0.3) is 23.6 Å². The lowest BCUT2D eigenvalue weighted by Gasteiger charge is -2.14. The van der Waals surface area contributed by atoms with Gasteiger partial charge in [-0.1, -0.05) is 97.1 Å². The lowest BCUT2D eigenvalue weighted by atomic mass is 10.1. The molecule has 0 atom stereocenters. The van der Waals surface area contributed by atoms with Crippen molar-refractivity contribution in [2.45, 2.75) is 0 Å². The molecule has 0 bridgehead atoms. The number of carbonyl (C=O) groups is 6. The zero-order valence-corrected chi connectivity index (χ0v) is 28.9. The molecule has 55 heavy (non-hydrogen) atoms. The lowest BCUT2D eigenvalue weighted by molar-refractivity contribution is 0.0910. The van der Waals surface area contributed by atoms with Crippen LogP contribution in [0.2, 0.25) is 0 Å². The molecule has 9 nitrogen and oxygen atoms in total. The largest absolute Gasteiger partial charge is 0.457 e. The highest BCUT2D eigenvalue weighted by atomic mass is 16.5. The number of nitrogens with zero attached hydrogens (tertiary/aromatic N) is 2. The van der Waals surface area contributed by atoms with Crippen molar-refractivity contribution in [3.8, 4) is 11.5 Å². The lowest BCUT2D eigenvalue weighted by Crippen LogP contribution is -2.29. The summed E-state index contributed by atoms with van der Waals surface area (Å²) >= 11 is 0. The molecule has 2 aliphatic rings. The van der Waals surface area contributed by atoms with E-state index in [0.29, 0.717) is 22.5 Å². The maximum atomic E-state index is 13.5. The van der Waals surface area contributed by atoms with Gasteiger partial charge in [0.2, 0.25) is 0 Å². The van der Waals surface area contributed by atoms with E-state index in [1.54, 1.807) is 121 Å². The second kappa shape index (κ2) is 14.3. The second-order valence-electron chi connectivity index (χ2n) is 12.7. The molecule has 0 saturated heterocycles. The van der Waals surface area contributed by atoms with E-state index in [4.69, 9.17) is 4.74 Å². The molecule has 0 spiro atoms. The highest BCUT2D eigenvalue weighted by Crippen LogP contribution is 2.35. The van der Waals surface area contributed by atoms with Crippen molar-refractivity contribution in [2.75, 3.05) is 9.80 Å². The number of ketones is 2. The van der Waals surface area contributed by atoms with Crippen LogP contribution in [0.1, 0.15) is 73.3 Å². The molecule has 0 aromatic heterocycles. The van der Waals surface area contributed by atoms with Gasteiger partial charge in [-0.2, -0.15) is 0 Å². The summed E-state index contributed by atoms with van der Waals surface area (Å²) in [5.74, 6) is -1.79. The van der Waals surface area contributed by atoms with Gasteiger partial charge < -0.3 is 4.74 Å². The third-order valence-corrected chi connectivity index (χ3v) is 9.23. The summed E-state index contributed by atoms with van der Waals surface area (Å²) in [4.78, 5) is 80.7. The molecule has 2 aliphatic heterocycles. The molecule has 0 aliphatic carbocycles. The molecule has 0 saturated carbocycles. The first-order chi connectivity index (χ1) is 26.7. The molecule has 4 amide bonds. The van der Waals surface area contributed by atoms with Gasteiger partial charge in [0.15, 0.2) is 11.6 Å². The molecular weight excluding hydrogens is 693 g/mol. The Bertz CT molecular complexity index is 2430. The van der Waals surface area contributed by atoms with Crippen LogP contribution >= 0.6 is 0 Å². The van der Waals surface area contributed by atoms with E-state index in [-0.39, 0.29) is 45.3 Å². The average molecular weight is 721 g/mol. The first-order valence-electron chi connectivity index (χ1n) is 17.2. The van der Waals surface area contributed by atoms with Crippen LogP contribution in [-0.4, -0.2) is 35.2 Å². The van der Waals surface area contributed by atoms with Crippen LogP contribution in [0, 0.1) is 0 Å². The fraction of sp³-hybridized carbons (Fsp3) is 0. The summed E-state index contributed by atoms with van der Waals surface area (Å²) < 4.78 is 6.03. The summed E-state index contributed by atoms with van der Waals surface area (Å²) in [6.45, 7) is 0. The molecule has 8 rings (SSSR count). The van der Waals surface area contributed by atoms with Crippen molar-refractivity contribution in [2.24, 2.45) is 0 Å². The summed E-state index contributed by atoms with van der Waals surface area (Å²) in [7, 11) is 0. The minimum atomic E-state index is -0.525. The maximum absolute atomic E-state index is 13.5. The van der Waals surface area contributed by atoms with Crippen LogP contribution in [0.25, 0.3) is 12.2 Å². The van der Waals surface area contributed by atoms with E-state index in [1.807, 2.05) is 12.1 Å². The smallest absolute Gasteiger partial charge is 0.266 e. The fourth-order valence-electron chi connectivity index (χ4n) is 6.38. The SMILES string of the molecule is O=C(/C=C/c1ccc(N2C(=O)c3ccc(Oc4ccc5c(c4)C(=O)N(c4ccc(/C=C/C(=O)c6ccccc6)cc4)C5=O)cc3C2=O)cc1)c1ccccc1. The molecule has 2 heterocycles. The molecule has 0 N–H and O–H groups in total. The van der Waals surface area contributed by atoms with Crippen LogP contribution in [0.4, 0.5) is 11.4 Å². The van der Waals surface area contributed by atoms with Gasteiger partial charge in [0.05, 0.1) is 33.6 Å². The van der Waals surface area contributed by atoms with Crippen LogP contribution in [0.15, 0.2) is 158 Å². The van der Waals surface area contributed by atoms with E-state index < -0.39 is 23.6 Å². The van der Waals surface area contributed by atoms with Gasteiger partial charge in [-0.15, -0.1) is 0 Å². The van der Waals surface area contributed by atoms with E-state index in [0.717, 1.165) is 20.9 Å². The van der Waals surface area contributed by atoms with Crippen molar-refractivity contribution in [1.82, 2.24) is 0 Å². The van der Waals surface area contributed by atoms with Crippen molar-refractivity contribution < 1.29 is 33.5 Å². The topological polar surface area (TPSA) is 118 Å². The zero-order chi connectivity index (χ0) is 38.1. The number of allylic oxidation sites excluding steroid dienone is 2. The quantitative estimate of drug-likeness (QED) is 0.0788. The van der Waals surface area contributed by atoms with E-state index in [1.165, 1.54) is 36.4 Å². The highest BCUT2D eigenvalue weighted by molar-refractivity contribution is 6.35. The number of imide groups is 2. The normalized spacial score (nSPS) is 13.5. The minimum Gasteiger partial charge on any atom is -0.457 e. The molecular formula is C46H28N2O7. The fourth-order valence-corrected chi connectivity index (χ4v) is 6.38. The van der Waals surface area contributed by atoms with E-state index in [9.17, 15) is 28.8 Å². The van der Waals surface area contributed by atoms with Crippen LogP contribution < -0.4 is 14.5 Å². The Balaban J connectivity index is 0.939. The summed E-state index contributed by atoms with van der Waals surface area (Å²) in [6, 6.07) is 40.3. The molecule has 0 unspecified atom stereocenters. The summed E-state index contributed by atoms with van der Waals surface area (Å²) in [6.07, 6.45) is 6.27. The Morgan fingerprint density at radius 1 is 0.418 bits per heavy atom. The zero-order valence-electron chi connectivity index (χ0n) is 28.9. The monoisotopic (exact) mass is 720 g/mol. The highest BCUT2D eigenvalue weighted by Gasteiger charge is 2.38. The van der Waals surface area contributed by atoms with E-state index >= 15 is 0 Å². The van der Waals surface area contributed by atoms with Crippen molar-refractivity contribution in [3.05, 3.63) is 202 Å². The van der Waals surface area contributed by atoms with Crippen molar-refractivity contribution in [1.29, 1.82) is 0 Å². The molecule has 0 radical (unpaired) electrons. The molecule has 264 valence electrons. The molecule has 6 aromatic carbocycles. The molecule has 0 fully saturated rings. The third-order valence-electron chi connectivity index (χ3n) is 9.23. The van der Waals surface area contributed by atoms with Gasteiger partial charge in [0.1, 0.15) is 11.5 Å². The van der Waals surface area contributed by atoms with Gasteiger partial charge in [-0.25, -0.2) is 9.80 Å². The Hall–Kier alpha value is -7.78. The number of amides is 4. The number of hydrogen-bond acceptors (Lipinski definition) is 7. The molecule has 6 aromatic rings. The first kappa shape index (κ1) is 34.3. The van der Waals surface area contributed by atoms with Crippen LogP contribution in [0.3, 0.4) is 0 Å². The van der Waals surface area contributed by atoms with Gasteiger partial charge in [-0.05, 0) is 83.9 Å².